The minimum absolute atomic E-state index is 0.00443. The summed E-state index contributed by atoms with van der Waals surface area (Å²) < 4.78 is 38.9. The number of carboxylic acid groups (broad SMARTS) is 2. The van der Waals surface area contributed by atoms with E-state index >= 15 is 4.57 Å². The third kappa shape index (κ3) is 16.2. The first kappa shape index (κ1) is 65.6. The van der Waals surface area contributed by atoms with E-state index in [2.05, 4.69) is 36.4 Å². The number of carbonyl (C=O) groups is 8. The van der Waals surface area contributed by atoms with E-state index in [0.717, 1.165) is 22.8 Å². The standard InChI is InChI=1S/C60H63N8O20P/c69-34-45-44(70)32-48(88-45)68-33-36(55(75)66-60(68)82)16-18-47(71)61-19-9-1-2-10-20-62-54(74)35-15-17-39(46(29-35)89(83,37-11-5-3-6-12-37)38-13-7-4-8-14-38)56(76)63-21-22-84-23-24-85-25-26-86-27-28-87-67-57(77)42-30-40(58(78)79)49-50-41(31-43(65-50)59(80)81)52(72)53(73)51(49)64-42/h3-8,11-18,29-31,33,44-45,48,65,69-70H,1-2,9-10,19-28,32,34H2,(H,61,71)(H,62,74)(H,63,76)(H,67,77)(H,78,79)(H,80,81)(H,66,75,82)/t44?,45-,48-/m1/s1. The maximum Gasteiger partial charge on any atom is 0.352 e. The molecule has 4 heterocycles. The smallest absolute Gasteiger partial charge is 0.352 e. The number of Topliss-reactive ketones (excluding diaryl/α,β-unsaturated/α-hetero) is 2. The summed E-state index contributed by atoms with van der Waals surface area (Å²) in [7, 11) is -3.79. The fraction of sp³-hybridized carbons (Fsp3) is 0.317. The molecule has 8 rings (SSSR count). The molecule has 29 heteroatoms. The molecule has 3 atom stereocenters. The van der Waals surface area contributed by atoms with E-state index < -0.39 is 113 Å². The zero-order valence-corrected chi connectivity index (χ0v) is 48.5. The maximum absolute atomic E-state index is 15.6. The molecule has 4 amide bonds. The number of aliphatic hydroxyl groups excluding tert-OH is 2. The number of unbranched alkanes of at least 4 members (excludes halogenated alkanes) is 3. The van der Waals surface area contributed by atoms with Crippen molar-refractivity contribution in [1.82, 2.24) is 40.9 Å². The molecule has 0 saturated carbocycles. The third-order valence-corrected chi connectivity index (χ3v) is 17.2. The number of fused-ring (bicyclic) bond motifs is 3. The number of aromatic amines is 2. The lowest BCUT2D eigenvalue weighted by Gasteiger charge is -2.23. The van der Waals surface area contributed by atoms with Crippen molar-refractivity contribution in [2.45, 2.75) is 50.5 Å². The van der Waals surface area contributed by atoms with Crippen LogP contribution in [0.5, 0.6) is 0 Å². The van der Waals surface area contributed by atoms with E-state index in [0.29, 0.717) is 49.4 Å². The van der Waals surface area contributed by atoms with Gasteiger partial charge in [0.05, 0.1) is 86.9 Å². The van der Waals surface area contributed by atoms with E-state index in [1.807, 2.05) is 0 Å². The molecule has 0 radical (unpaired) electrons. The summed E-state index contributed by atoms with van der Waals surface area (Å²) in [6, 6.07) is 23.6. The van der Waals surface area contributed by atoms with Crippen molar-refractivity contribution in [1.29, 1.82) is 0 Å². The number of H-pyrrole nitrogens is 2. The Balaban J connectivity index is 0.745. The summed E-state index contributed by atoms with van der Waals surface area (Å²) in [5.41, 5.74) is -2.32. The molecule has 468 valence electrons. The van der Waals surface area contributed by atoms with Crippen LogP contribution in [0.3, 0.4) is 0 Å². The van der Waals surface area contributed by atoms with Crippen LogP contribution < -0.4 is 48.6 Å². The Bertz CT molecular complexity index is 3770. The first-order chi connectivity index (χ1) is 42.9. The number of benzene rings is 3. The normalized spacial score (nSPS) is 15.3. The number of hydrogen-bond acceptors (Lipinski definition) is 19. The predicted octanol–water partition coefficient (Wildman–Crippen LogP) is 1.24. The minimum Gasteiger partial charge on any atom is -0.478 e. The minimum atomic E-state index is -3.79. The second kappa shape index (κ2) is 31.0. The fourth-order valence-corrected chi connectivity index (χ4v) is 12.5. The molecule has 10 N–H and O–H groups in total. The third-order valence-electron chi connectivity index (χ3n) is 14.1. The second-order valence-electron chi connectivity index (χ2n) is 20.1. The molecule has 2 aliphatic rings. The van der Waals surface area contributed by atoms with Crippen molar-refractivity contribution >= 4 is 76.3 Å². The number of hydroxylamine groups is 1. The first-order valence-corrected chi connectivity index (χ1v) is 29.8. The summed E-state index contributed by atoms with van der Waals surface area (Å²) in [5.74, 6) is -7.91. The average molecular weight is 1250 g/mol. The highest BCUT2D eigenvalue weighted by Gasteiger charge is 2.39. The van der Waals surface area contributed by atoms with Gasteiger partial charge >= 0.3 is 17.6 Å². The van der Waals surface area contributed by atoms with Crippen LogP contribution in [-0.4, -0.2) is 172 Å². The molecule has 0 bridgehead atoms. The van der Waals surface area contributed by atoms with Crippen LogP contribution in [0.25, 0.3) is 17.3 Å². The Morgan fingerprint density at radius 1 is 0.697 bits per heavy atom. The number of carbonyl (C=O) groups excluding carboxylic acids is 6. The van der Waals surface area contributed by atoms with E-state index in [1.165, 1.54) is 30.5 Å². The Kier molecular flexibility index (Phi) is 22.8. The van der Waals surface area contributed by atoms with Crippen LogP contribution in [0.4, 0.5) is 0 Å². The van der Waals surface area contributed by atoms with Gasteiger partial charge < -0.3 is 64.9 Å². The number of aromatic carboxylic acids is 2. The lowest BCUT2D eigenvalue weighted by molar-refractivity contribution is -0.116. The molecule has 28 nitrogen and oxygen atoms in total. The van der Waals surface area contributed by atoms with Crippen LogP contribution in [0.1, 0.15) is 117 Å². The number of aromatic nitrogens is 4. The molecule has 1 aliphatic heterocycles. The van der Waals surface area contributed by atoms with E-state index in [4.69, 9.17) is 23.8 Å². The molecular weight excluding hydrogens is 1180 g/mol. The zero-order chi connectivity index (χ0) is 63.6. The molecule has 1 fully saturated rings. The molecule has 89 heavy (non-hydrogen) atoms. The number of amides is 4. The summed E-state index contributed by atoms with van der Waals surface area (Å²) >= 11 is 0. The molecule has 1 saturated heterocycles. The van der Waals surface area contributed by atoms with Gasteiger partial charge in [0.2, 0.25) is 11.7 Å². The Morgan fingerprint density at radius 2 is 1.33 bits per heavy atom. The second-order valence-corrected chi connectivity index (χ2v) is 22.8. The number of pyridine rings is 1. The van der Waals surface area contributed by atoms with Gasteiger partial charge in [-0.2, -0.15) is 0 Å². The number of hydrogen-bond donors (Lipinski definition) is 10. The molecule has 3 aromatic carbocycles. The van der Waals surface area contributed by atoms with Crippen molar-refractivity contribution in [3.63, 3.8) is 0 Å². The predicted molar refractivity (Wildman–Crippen MR) is 316 cm³/mol. The highest BCUT2D eigenvalue weighted by molar-refractivity contribution is 7.85. The van der Waals surface area contributed by atoms with Crippen molar-refractivity contribution < 1.29 is 87.1 Å². The monoisotopic (exact) mass is 1250 g/mol. The average Bonchev–Trinajstić information content (AvgIpc) is 1.77. The summed E-state index contributed by atoms with van der Waals surface area (Å²) in [5, 5.41) is 48.2. The molecular formula is C60H63N8O20P. The zero-order valence-electron chi connectivity index (χ0n) is 47.6. The van der Waals surface area contributed by atoms with Crippen LogP contribution >= 0.6 is 7.14 Å². The van der Waals surface area contributed by atoms with Crippen molar-refractivity contribution in [2.24, 2.45) is 0 Å². The van der Waals surface area contributed by atoms with Gasteiger partial charge in [-0.1, -0.05) is 73.5 Å². The van der Waals surface area contributed by atoms with E-state index in [1.54, 1.807) is 60.7 Å². The maximum atomic E-state index is 15.6. The SMILES string of the molecule is O=C(C=Cc1cn([C@H]2CC(O)[C@@H](CO)O2)c(=O)[nH]c1=O)NCCCCCCNC(=O)c1ccc(C(=O)NCCOCCOCCOCCONC(=O)c2cc(C(=O)O)c3c(n2)C(=O)C(=O)c2cc(C(=O)O)[nH]c2-3)c(P(=O)(c2ccccc2)c2ccccc2)c1. The van der Waals surface area contributed by atoms with E-state index in [-0.39, 0.29) is 98.0 Å². The molecule has 0 spiro atoms. The number of carboxylic acids is 2. The van der Waals surface area contributed by atoms with Crippen LogP contribution in [0.15, 0.2) is 113 Å². The first-order valence-electron chi connectivity index (χ1n) is 28.1. The summed E-state index contributed by atoms with van der Waals surface area (Å²) in [6.45, 7) is 0.706. The number of nitrogens with zero attached hydrogens (tertiary/aromatic N) is 2. The van der Waals surface area contributed by atoms with Gasteiger partial charge in [-0.05, 0) is 49.2 Å². The number of ketones is 2. The largest absolute Gasteiger partial charge is 0.478 e. The van der Waals surface area contributed by atoms with E-state index in [9.17, 15) is 68.4 Å². The topological polar surface area (TPSA) is 412 Å². The highest BCUT2D eigenvalue weighted by Crippen LogP contribution is 2.44. The Labute approximate surface area is 505 Å². The quantitative estimate of drug-likeness (QED) is 0.00934. The number of nitrogens with one attached hydrogen (secondary N) is 6. The van der Waals surface area contributed by atoms with Gasteiger partial charge in [-0.25, -0.2) is 24.8 Å². The van der Waals surface area contributed by atoms with Gasteiger partial charge in [0, 0.05) is 65.4 Å². The lowest BCUT2D eigenvalue weighted by atomic mass is 9.88. The summed E-state index contributed by atoms with van der Waals surface area (Å²) in [4.78, 5) is 141. The number of rotatable bonds is 32. The number of aliphatic hydroxyl groups is 2. The molecule has 3 aromatic heterocycles. The van der Waals surface area contributed by atoms with Crippen LogP contribution in [0.2, 0.25) is 0 Å². The van der Waals surface area contributed by atoms with Gasteiger partial charge in [0.1, 0.15) is 29.4 Å². The highest BCUT2D eigenvalue weighted by atomic mass is 31.2. The van der Waals surface area contributed by atoms with Crippen molar-refractivity contribution in [2.75, 3.05) is 72.5 Å². The summed E-state index contributed by atoms with van der Waals surface area (Å²) in [6.07, 6.45) is 3.47. The number of ether oxygens (including phenoxy) is 4. The van der Waals surface area contributed by atoms with Crippen LogP contribution in [0, 0.1) is 0 Å². The van der Waals surface area contributed by atoms with Gasteiger partial charge in [-0.15, -0.1) is 0 Å². The van der Waals surface area contributed by atoms with Crippen LogP contribution in [-0.2, 0) is 33.1 Å². The molecule has 6 aromatic rings. The van der Waals surface area contributed by atoms with Gasteiger partial charge in [-0.3, -0.25) is 48.0 Å². The lowest BCUT2D eigenvalue weighted by Crippen LogP contribution is -2.35. The molecule has 1 aliphatic carbocycles. The van der Waals surface area contributed by atoms with Gasteiger partial charge in [0.25, 0.3) is 29.1 Å². The molecule has 1 unspecified atom stereocenters. The fourth-order valence-electron chi connectivity index (χ4n) is 9.62. The van der Waals surface area contributed by atoms with Crippen molar-refractivity contribution in [3.05, 3.63) is 169 Å². The Hall–Kier alpha value is -9.38. The van der Waals surface area contributed by atoms with Gasteiger partial charge in [0.15, 0.2) is 7.14 Å². The Morgan fingerprint density at radius 3 is 1.96 bits per heavy atom. The van der Waals surface area contributed by atoms with Crippen molar-refractivity contribution in [3.8, 4) is 11.3 Å².